The lowest BCUT2D eigenvalue weighted by atomic mass is 9.86. The molecular formula is C13H22N2O3. The van der Waals surface area contributed by atoms with Crippen molar-refractivity contribution < 1.29 is 14.7 Å². The van der Waals surface area contributed by atoms with Crippen molar-refractivity contribution in [1.29, 1.82) is 0 Å². The number of likely N-dealkylation sites (tertiary alicyclic amines) is 1. The molecule has 5 nitrogen and oxygen atoms in total. The van der Waals surface area contributed by atoms with Crippen molar-refractivity contribution in [3.8, 4) is 0 Å². The molecule has 0 saturated carbocycles. The van der Waals surface area contributed by atoms with E-state index in [0.29, 0.717) is 13.1 Å². The lowest BCUT2D eigenvalue weighted by Crippen LogP contribution is -2.57. The summed E-state index contributed by atoms with van der Waals surface area (Å²) in [5, 5.41) is 13.1. The first-order valence-electron chi connectivity index (χ1n) is 6.67. The minimum atomic E-state index is -1.35. The van der Waals surface area contributed by atoms with Crippen molar-refractivity contribution in [1.82, 2.24) is 10.2 Å². The van der Waals surface area contributed by atoms with Gasteiger partial charge in [-0.25, -0.2) is 0 Å². The van der Waals surface area contributed by atoms with Gasteiger partial charge in [-0.2, -0.15) is 0 Å². The average molecular weight is 254 g/mol. The summed E-state index contributed by atoms with van der Waals surface area (Å²) < 4.78 is 0. The number of fused-ring (bicyclic) bond motifs is 1. The second kappa shape index (κ2) is 4.53. The molecule has 0 aromatic rings. The number of nitrogens with one attached hydrogen (secondary N) is 1. The summed E-state index contributed by atoms with van der Waals surface area (Å²) >= 11 is 0. The summed E-state index contributed by atoms with van der Waals surface area (Å²) in [5.74, 6) is -0.438. The van der Waals surface area contributed by atoms with Crippen LogP contribution in [-0.2, 0) is 9.59 Å². The Morgan fingerprint density at radius 2 is 2.22 bits per heavy atom. The molecule has 5 heteroatoms. The molecule has 102 valence electrons. The average Bonchev–Trinajstić information content (AvgIpc) is 2.70. The smallest absolute Gasteiger partial charge is 0.254 e. The molecule has 0 aromatic carbocycles. The Morgan fingerprint density at radius 3 is 2.83 bits per heavy atom. The molecule has 0 spiro atoms. The molecule has 2 fully saturated rings. The molecule has 2 aliphatic rings. The zero-order valence-electron chi connectivity index (χ0n) is 11.3. The van der Waals surface area contributed by atoms with E-state index in [2.05, 4.69) is 5.32 Å². The highest BCUT2D eigenvalue weighted by atomic mass is 16.3. The quantitative estimate of drug-likeness (QED) is 0.736. The van der Waals surface area contributed by atoms with E-state index in [1.165, 1.54) is 0 Å². The number of aliphatic hydroxyl groups is 1. The molecular weight excluding hydrogens is 232 g/mol. The third-order valence-electron chi connectivity index (χ3n) is 4.42. The number of nitrogens with zero attached hydrogens (tertiary/aromatic N) is 1. The normalized spacial score (nSPS) is 30.9. The van der Waals surface area contributed by atoms with E-state index in [9.17, 15) is 14.7 Å². The van der Waals surface area contributed by atoms with Crippen LogP contribution in [0, 0.1) is 11.8 Å². The zero-order valence-corrected chi connectivity index (χ0v) is 11.3. The molecule has 2 N–H and O–H groups in total. The van der Waals surface area contributed by atoms with Gasteiger partial charge in [0.05, 0.1) is 12.0 Å². The Hall–Kier alpha value is -1.10. The van der Waals surface area contributed by atoms with Crippen LogP contribution in [0.4, 0.5) is 0 Å². The van der Waals surface area contributed by atoms with Crippen LogP contribution in [0.2, 0.25) is 0 Å². The third-order valence-corrected chi connectivity index (χ3v) is 4.42. The van der Waals surface area contributed by atoms with Crippen LogP contribution in [0.5, 0.6) is 0 Å². The van der Waals surface area contributed by atoms with Crippen LogP contribution in [0.25, 0.3) is 0 Å². The Kier molecular flexibility index (Phi) is 3.36. The van der Waals surface area contributed by atoms with Crippen molar-refractivity contribution in [2.45, 2.75) is 45.3 Å². The first-order valence-corrected chi connectivity index (χ1v) is 6.67. The number of hydrogen-bond donors (Lipinski definition) is 2. The van der Waals surface area contributed by atoms with E-state index in [4.69, 9.17) is 0 Å². The molecule has 0 bridgehead atoms. The van der Waals surface area contributed by atoms with Crippen molar-refractivity contribution in [2.75, 3.05) is 13.1 Å². The molecule has 0 radical (unpaired) electrons. The van der Waals surface area contributed by atoms with Crippen LogP contribution in [-0.4, -0.2) is 46.6 Å². The van der Waals surface area contributed by atoms with Gasteiger partial charge in [0.1, 0.15) is 5.60 Å². The first kappa shape index (κ1) is 13.3. The monoisotopic (exact) mass is 254 g/mol. The fourth-order valence-electron chi connectivity index (χ4n) is 2.74. The molecule has 2 heterocycles. The number of carbonyl (C=O) groups is 2. The van der Waals surface area contributed by atoms with Crippen molar-refractivity contribution in [3.63, 3.8) is 0 Å². The summed E-state index contributed by atoms with van der Waals surface area (Å²) in [6.45, 7) is 6.38. The summed E-state index contributed by atoms with van der Waals surface area (Å²) in [4.78, 5) is 25.8. The fraction of sp³-hybridized carbons (Fsp3) is 0.846. The molecule has 0 aromatic heterocycles. The van der Waals surface area contributed by atoms with Crippen LogP contribution >= 0.6 is 0 Å². The largest absolute Gasteiger partial charge is 0.380 e. The predicted molar refractivity (Wildman–Crippen MR) is 66.7 cm³/mol. The fourth-order valence-corrected chi connectivity index (χ4v) is 2.74. The molecule has 3 atom stereocenters. The number of carbonyl (C=O) groups excluding carboxylic acids is 2. The summed E-state index contributed by atoms with van der Waals surface area (Å²) in [5.41, 5.74) is -1.35. The van der Waals surface area contributed by atoms with Gasteiger partial charge in [0.25, 0.3) is 5.91 Å². The maximum absolute atomic E-state index is 12.4. The van der Waals surface area contributed by atoms with Gasteiger partial charge >= 0.3 is 0 Å². The van der Waals surface area contributed by atoms with Crippen LogP contribution in [0.1, 0.15) is 33.6 Å². The summed E-state index contributed by atoms with van der Waals surface area (Å²) in [7, 11) is 0. The van der Waals surface area contributed by atoms with E-state index in [-0.39, 0.29) is 29.7 Å². The molecule has 2 saturated heterocycles. The van der Waals surface area contributed by atoms with Crippen molar-refractivity contribution in [3.05, 3.63) is 0 Å². The number of hydrogen-bond acceptors (Lipinski definition) is 3. The number of piperidine rings is 1. The first-order chi connectivity index (χ1) is 8.35. The van der Waals surface area contributed by atoms with E-state index < -0.39 is 5.60 Å². The Labute approximate surface area is 108 Å². The molecule has 0 aliphatic carbocycles. The summed E-state index contributed by atoms with van der Waals surface area (Å²) in [6.07, 6.45) is 1.67. The molecule has 2 amide bonds. The van der Waals surface area contributed by atoms with Gasteiger partial charge in [-0.15, -0.1) is 0 Å². The van der Waals surface area contributed by atoms with Gasteiger partial charge in [-0.1, -0.05) is 13.8 Å². The third kappa shape index (κ3) is 2.00. The second-order valence-corrected chi connectivity index (χ2v) is 5.86. The minimum Gasteiger partial charge on any atom is -0.380 e. The molecule has 18 heavy (non-hydrogen) atoms. The van der Waals surface area contributed by atoms with Gasteiger partial charge in [0.15, 0.2) is 0 Å². The maximum Gasteiger partial charge on any atom is 0.254 e. The minimum absolute atomic E-state index is 0.0432. The predicted octanol–water partition coefficient (Wildman–Crippen LogP) is 0.130. The lowest BCUT2D eigenvalue weighted by Gasteiger charge is -2.40. The highest BCUT2D eigenvalue weighted by Crippen LogP contribution is 2.30. The number of amides is 2. The second-order valence-electron chi connectivity index (χ2n) is 5.86. The van der Waals surface area contributed by atoms with Crippen molar-refractivity contribution >= 4 is 11.8 Å². The van der Waals surface area contributed by atoms with Crippen molar-refractivity contribution in [2.24, 2.45) is 11.8 Å². The Bertz CT molecular complexity index is 365. The van der Waals surface area contributed by atoms with Crippen LogP contribution < -0.4 is 5.32 Å². The van der Waals surface area contributed by atoms with Gasteiger partial charge in [0, 0.05) is 13.1 Å². The van der Waals surface area contributed by atoms with Gasteiger partial charge in [-0.3, -0.25) is 9.59 Å². The van der Waals surface area contributed by atoms with E-state index in [1.807, 2.05) is 13.8 Å². The van der Waals surface area contributed by atoms with Crippen LogP contribution in [0.3, 0.4) is 0 Å². The Morgan fingerprint density at radius 1 is 1.56 bits per heavy atom. The molecule has 2 aliphatic heterocycles. The van der Waals surface area contributed by atoms with E-state index >= 15 is 0 Å². The van der Waals surface area contributed by atoms with E-state index in [1.54, 1.807) is 11.8 Å². The topological polar surface area (TPSA) is 69.6 Å². The highest BCUT2D eigenvalue weighted by molar-refractivity contribution is 5.88. The summed E-state index contributed by atoms with van der Waals surface area (Å²) in [6, 6.07) is -0.0797. The molecule has 2 rings (SSSR count). The lowest BCUT2D eigenvalue weighted by molar-refractivity contribution is -0.158. The zero-order chi connectivity index (χ0) is 13.5. The standard InChI is InChI=1S/C13H22N2O3/c1-8(2)13(3,18)12(17)15-6-4-5-9-10(15)7-14-11(9)16/h8-10,18H,4-7H2,1-3H3,(H,14,16)/t9-,10-,13?/m1/s1. The Balaban J connectivity index is 2.18. The van der Waals surface area contributed by atoms with Gasteiger partial charge < -0.3 is 15.3 Å². The SMILES string of the molecule is CC(C)C(C)(O)C(=O)N1CCC[C@H]2C(=O)NC[C@H]21. The highest BCUT2D eigenvalue weighted by Gasteiger charge is 2.47. The van der Waals surface area contributed by atoms with E-state index in [0.717, 1.165) is 12.8 Å². The molecule has 1 unspecified atom stereocenters. The van der Waals surface area contributed by atoms with Gasteiger partial charge in [-0.05, 0) is 25.7 Å². The van der Waals surface area contributed by atoms with Crippen LogP contribution in [0.15, 0.2) is 0 Å². The maximum atomic E-state index is 12.4. The van der Waals surface area contributed by atoms with Gasteiger partial charge in [0.2, 0.25) is 5.91 Å². The number of rotatable bonds is 2.